The van der Waals surface area contributed by atoms with Gasteiger partial charge in [0.05, 0.1) is 37.4 Å². The van der Waals surface area contributed by atoms with Crippen molar-refractivity contribution in [1.82, 2.24) is 4.90 Å². The lowest BCUT2D eigenvalue weighted by Crippen LogP contribution is -2.56. The van der Waals surface area contributed by atoms with Gasteiger partial charge in [-0.2, -0.15) is 4.59 Å². The van der Waals surface area contributed by atoms with Gasteiger partial charge in [-0.25, -0.2) is 4.99 Å². The Morgan fingerprint density at radius 1 is 1.00 bits per heavy atom. The van der Waals surface area contributed by atoms with Crippen LogP contribution in [0.5, 0.6) is 0 Å². The normalized spacial score (nSPS) is 17.4. The number of likely N-dealkylation sites (N-methyl/N-ethyl adjacent to an activating group) is 1. The van der Waals surface area contributed by atoms with Gasteiger partial charge < -0.3 is 15.3 Å². The summed E-state index contributed by atoms with van der Waals surface area (Å²) < 4.78 is 0.302. The molecule has 3 aromatic carbocycles. The van der Waals surface area contributed by atoms with Gasteiger partial charge in [0.15, 0.2) is 0 Å². The fourth-order valence-corrected chi connectivity index (χ4v) is 4.55. The number of piperazine rings is 1. The van der Waals surface area contributed by atoms with Crippen molar-refractivity contribution in [2.45, 2.75) is 0 Å². The summed E-state index contributed by atoms with van der Waals surface area (Å²) in [6.07, 6.45) is 0. The standard InChI is InChI=1S/C25H23Cl2N5O/c1-32(30-25(33)18-6-2-4-8-20(18)27)14-12-31(13-15-32)24-19-7-3-5-9-21(19)28-22-11-10-17(26)16-23(22)29-24/h2-11,16H,12-15H2,1H3,(H-,28,29,30,33). The molecule has 1 saturated heterocycles. The lowest BCUT2D eigenvalue weighted by molar-refractivity contribution is -0.920. The predicted molar refractivity (Wildman–Crippen MR) is 133 cm³/mol. The van der Waals surface area contributed by atoms with Crippen LogP contribution in [-0.2, 0) is 0 Å². The minimum absolute atomic E-state index is 0.290. The number of para-hydroxylation sites is 1. The molecule has 0 amide bonds. The molecule has 3 aromatic rings. The average Bonchev–Trinajstić information content (AvgIpc) is 2.96. The summed E-state index contributed by atoms with van der Waals surface area (Å²) in [6, 6.07) is 20.9. The van der Waals surface area contributed by atoms with E-state index in [0.717, 1.165) is 28.5 Å². The monoisotopic (exact) mass is 479 g/mol. The summed E-state index contributed by atoms with van der Waals surface area (Å²) >= 11 is 12.5. The number of hydrogen-bond acceptors (Lipinski definition) is 5. The Morgan fingerprint density at radius 2 is 1.73 bits per heavy atom. The molecule has 1 N–H and O–H groups in total. The number of halogens is 2. The number of hydrogen-bond donors (Lipinski definition) is 1. The highest BCUT2D eigenvalue weighted by atomic mass is 35.5. The molecule has 168 valence electrons. The summed E-state index contributed by atoms with van der Waals surface area (Å²) in [4.78, 5) is 7.26. The lowest BCUT2D eigenvalue weighted by atomic mass is 10.1. The maximum atomic E-state index is 12.8. The number of fused-ring (bicyclic) bond motifs is 2. The maximum absolute atomic E-state index is 12.8. The number of amidine groups is 1. The quantitative estimate of drug-likeness (QED) is 0.331. The fraction of sp³-hybridized carbons (Fsp3) is 0.200. The van der Waals surface area contributed by atoms with Crippen molar-refractivity contribution in [1.29, 1.82) is 0 Å². The molecule has 0 aromatic heterocycles. The van der Waals surface area contributed by atoms with Gasteiger partial charge in [-0.15, -0.1) is 0 Å². The van der Waals surface area contributed by atoms with Crippen LogP contribution in [0.4, 0.5) is 17.1 Å². The zero-order valence-corrected chi connectivity index (χ0v) is 19.6. The second kappa shape index (κ2) is 8.71. The summed E-state index contributed by atoms with van der Waals surface area (Å²) in [5.74, 6) is 0.601. The molecule has 6 nitrogen and oxygen atoms in total. The average molecular weight is 480 g/mol. The summed E-state index contributed by atoms with van der Waals surface area (Å²) in [6.45, 7) is 2.76. The van der Waals surface area contributed by atoms with Gasteiger partial charge in [0.25, 0.3) is 0 Å². The first-order valence-corrected chi connectivity index (χ1v) is 11.5. The van der Waals surface area contributed by atoms with Crippen LogP contribution < -0.4 is 10.4 Å². The Morgan fingerprint density at radius 3 is 2.52 bits per heavy atom. The van der Waals surface area contributed by atoms with Crippen LogP contribution >= 0.6 is 23.2 Å². The van der Waals surface area contributed by atoms with E-state index in [2.05, 4.69) is 27.5 Å². The van der Waals surface area contributed by atoms with Crippen molar-refractivity contribution in [2.24, 2.45) is 10.1 Å². The largest absolute Gasteiger partial charge is 0.855 e. The summed E-state index contributed by atoms with van der Waals surface area (Å²) in [5, 5.41) is 21.8. The number of aliphatic imine (C=N–C) groups is 1. The van der Waals surface area contributed by atoms with Gasteiger partial charge in [-0.3, -0.25) is 0 Å². The molecule has 0 unspecified atom stereocenters. The molecule has 2 heterocycles. The highest BCUT2D eigenvalue weighted by molar-refractivity contribution is 6.33. The molecule has 2 aliphatic rings. The molecular formula is C25H23Cl2N5O. The first-order valence-electron chi connectivity index (χ1n) is 10.8. The van der Waals surface area contributed by atoms with E-state index in [4.69, 9.17) is 28.2 Å². The molecule has 0 spiro atoms. The fourth-order valence-electron chi connectivity index (χ4n) is 4.17. The van der Waals surface area contributed by atoms with Crippen molar-refractivity contribution in [3.63, 3.8) is 0 Å². The van der Waals surface area contributed by atoms with Crippen LogP contribution in [0.1, 0.15) is 11.1 Å². The van der Waals surface area contributed by atoms with Gasteiger partial charge in [0.1, 0.15) is 18.9 Å². The Kier molecular flexibility index (Phi) is 5.74. The van der Waals surface area contributed by atoms with Gasteiger partial charge in [0, 0.05) is 26.9 Å². The van der Waals surface area contributed by atoms with E-state index in [9.17, 15) is 5.11 Å². The first-order chi connectivity index (χ1) is 15.9. The maximum Gasteiger partial charge on any atom is 0.139 e. The molecule has 0 radical (unpaired) electrons. The number of anilines is 2. The molecule has 0 atom stereocenters. The van der Waals surface area contributed by atoms with Crippen LogP contribution in [-0.4, -0.2) is 54.5 Å². The number of quaternary nitrogens is 1. The molecule has 0 saturated carbocycles. The molecule has 8 heteroatoms. The molecule has 0 bridgehead atoms. The Labute approximate surface area is 203 Å². The van der Waals surface area contributed by atoms with Crippen molar-refractivity contribution in [2.75, 3.05) is 38.5 Å². The SMILES string of the molecule is C[N+]1(/N=C(\[O-])c2ccccc2Cl)CCN(C2=Nc3cc(Cl)ccc3Nc3ccccc32)CC1. The van der Waals surface area contributed by atoms with Gasteiger partial charge in [-0.1, -0.05) is 58.6 Å². The molecule has 2 aliphatic heterocycles. The third-order valence-electron chi connectivity index (χ3n) is 6.06. The zero-order valence-electron chi connectivity index (χ0n) is 18.1. The van der Waals surface area contributed by atoms with Crippen molar-refractivity contribution in [3.05, 3.63) is 87.9 Å². The van der Waals surface area contributed by atoms with Crippen molar-refractivity contribution in [3.8, 4) is 0 Å². The van der Waals surface area contributed by atoms with Gasteiger partial charge in [-0.05, 0) is 36.4 Å². The summed E-state index contributed by atoms with van der Waals surface area (Å²) in [7, 11) is 1.98. The van der Waals surface area contributed by atoms with E-state index in [0.29, 0.717) is 46.4 Å². The van der Waals surface area contributed by atoms with Gasteiger partial charge in [0.2, 0.25) is 0 Å². The second-order valence-corrected chi connectivity index (χ2v) is 9.27. The Hall–Kier alpha value is -3.06. The van der Waals surface area contributed by atoms with E-state index >= 15 is 0 Å². The minimum atomic E-state index is -0.290. The van der Waals surface area contributed by atoms with E-state index in [1.807, 2.05) is 37.4 Å². The highest BCUT2D eigenvalue weighted by Gasteiger charge is 2.32. The van der Waals surface area contributed by atoms with Crippen LogP contribution in [0.3, 0.4) is 0 Å². The third-order valence-corrected chi connectivity index (χ3v) is 6.63. The van der Waals surface area contributed by atoms with Crippen LogP contribution in [0, 0.1) is 0 Å². The van der Waals surface area contributed by atoms with E-state index in [1.54, 1.807) is 24.3 Å². The van der Waals surface area contributed by atoms with Crippen molar-refractivity contribution < 1.29 is 9.70 Å². The van der Waals surface area contributed by atoms with E-state index < -0.39 is 0 Å². The second-order valence-electron chi connectivity index (χ2n) is 8.43. The van der Waals surface area contributed by atoms with Crippen LogP contribution in [0.15, 0.2) is 76.8 Å². The predicted octanol–water partition coefficient (Wildman–Crippen LogP) is 4.61. The zero-order chi connectivity index (χ0) is 23.0. The molecule has 33 heavy (non-hydrogen) atoms. The first kappa shape index (κ1) is 21.8. The number of rotatable bonds is 2. The van der Waals surface area contributed by atoms with E-state index in [1.165, 1.54) is 0 Å². The lowest BCUT2D eigenvalue weighted by Gasteiger charge is -2.39. The highest BCUT2D eigenvalue weighted by Crippen LogP contribution is 2.36. The van der Waals surface area contributed by atoms with Crippen LogP contribution in [0.2, 0.25) is 10.0 Å². The minimum Gasteiger partial charge on any atom is -0.855 e. The van der Waals surface area contributed by atoms with E-state index in [-0.39, 0.29) is 5.90 Å². The van der Waals surface area contributed by atoms with Gasteiger partial charge >= 0.3 is 0 Å². The third kappa shape index (κ3) is 4.42. The Balaban J connectivity index is 1.43. The molecule has 5 rings (SSSR count). The number of benzene rings is 3. The van der Waals surface area contributed by atoms with Crippen molar-refractivity contribution >= 4 is 52.0 Å². The number of nitrogens with one attached hydrogen (secondary N) is 1. The number of nitrogens with zero attached hydrogens (tertiary/aromatic N) is 4. The smallest absolute Gasteiger partial charge is 0.139 e. The molecule has 0 aliphatic carbocycles. The molecular weight excluding hydrogens is 457 g/mol. The topological polar surface area (TPSA) is 63.1 Å². The summed E-state index contributed by atoms with van der Waals surface area (Å²) in [5.41, 5.74) is 4.18. The van der Waals surface area contributed by atoms with Crippen LogP contribution in [0.25, 0.3) is 0 Å². The Bertz CT molecular complexity index is 1270. The molecule has 1 fully saturated rings.